The van der Waals surface area contributed by atoms with Gasteiger partial charge in [0.25, 0.3) is 5.91 Å². The third kappa shape index (κ3) is 3.69. The molecule has 1 rings (SSSR count). The Morgan fingerprint density at radius 2 is 1.79 bits per heavy atom. The highest BCUT2D eigenvalue weighted by Crippen LogP contribution is 2.22. The molecule has 2 N–H and O–H groups in total. The second-order valence-electron chi connectivity index (χ2n) is 4.52. The third-order valence-electron chi connectivity index (χ3n) is 2.73. The normalized spacial score (nSPS) is 11.1. The number of hydrogen-bond acceptors (Lipinski definition) is 4. The van der Waals surface area contributed by atoms with Crippen LogP contribution >= 0.6 is 0 Å². The summed E-state index contributed by atoms with van der Waals surface area (Å²) in [5.74, 6) is -1.56. The highest BCUT2D eigenvalue weighted by atomic mass is 16.5. The first-order chi connectivity index (χ1) is 8.77. The number of aromatic hydroxyl groups is 1. The van der Waals surface area contributed by atoms with Crippen molar-refractivity contribution in [3.8, 4) is 5.75 Å². The Morgan fingerprint density at radius 1 is 1.26 bits per heavy atom. The number of phenolic OH excluding ortho intramolecular Hbond substituents is 1. The van der Waals surface area contributed by atoms with Gasteiger partial charge in [-0.05, 0) is 38.1 Å². The minimum atomic E-state index is -1.13. The molecule has 0 spiro atoms. The molecule has 6 nitrogen and oxygen atoms in total. The van der Waals surface area contributed by atoms with Crippen LogP contribution in [0, 0.1) is 0 Å². The molecule has 0 saturated heterocycles. The lowest BCUT2D eigenvalue weighted by Crippen LogP contribution is -2.48. The first-order valence-electron chi connectivity index (χ1n) is 5.66. The fraction of sp³-hybridized carbons (Fsp3) is 0.385. The van der Waals surface area contributed by atoms with Crippen molar-refractivity contribution in [3.05, 3.63) is 24.3 Å². The lowest BCUT2D eigenvalue weighted by molar-refractivity contribution is -0.141. The minimum absolute atomic E-state index is 0.0393. The molecule has 1 aromatic carbocycles. The predicted molar refractivity (Wildman–Crippen MR) is 69.2 cm³/mol. The minimum Gasteiger partial charge on any atom is -0.508 e. The SMILES string of the molecule is COC(C)(C)C(=O)N(CC(=O)O)c1ccc(O)cc1. The fourth-order valence-corrected chi connectivity index (χ4v) is 1.46. The zero-order valence-corrected chi connectivity index (χ0v) is 11.1. The number of ether oxygens (including phenoxy) is 1. The van der Waals surface area contributed by atoms with Crippen molar-refractivity contribution in [2.24, 2.45) is 0 Å². The van der Waals surface area contributed by atoms with Crippen LogP contribution in [0.2, 0.25) is 0 Å². The van der Waals surface area contributed by atoms with Crippen molar-refractivity contribution in [2.75, 3.05) is 18.6 Å². The van der Waals surface area contributed by atoms with Crippen molar-refractivity contribution < 1.29 is 24.5 Å². The van der Waals surface area contributed by atoms with Crippen molar-refractivity contribution in [1.29, 1.82) is 0 Å². The van der Waals surface area contributed by atoms with Gasteiger partial charge in [-0.3, -0.25) is 14.5 Å². The number of amides is 1. The maximum absolute atomic E-state index is 12.3. The summed E-state index contributed by atoms with van der Waals surface area (Å²) >= 11 is 0. The lowest BCUT2D eigenvalue weighted by Gasteiger charge is -2.30. The van der Waals surface area contributed by atoms with Gasteiger partial charge in [-0.25, -0.2) is 0 Å². The molecule has 0 unspecified atom stereocenters. The number of aliphatic carboxylic acids is 1. The van der Waals surface area contributed by atoms with Gasteiger partial charge in [-0.15, -0.1) is 0 Å². The number of phenols is 1. The number of nitrogens with zero attached hydrogens (tertiary/aromatic N) is 1. The molecule has 6 heteroatoms. The summed E-state index contributed by atoms with van der Waals surface area (Å²) in [5.41, 5.74) is -0.747. The average Bonchev–Trinajstić information content (AvgIpc) is 2.36. The number of hydrogen-bond donors (Lipinski definition) is 2. The standard InChI is InChI=1S/C13H17NO5/c1-13(2,19-3)12(18)14(8-11(16)17)9-4-6-10(15)7-5-9/h4-7,15H,8H2,1-3H3,(H,16,17). The summed E-state index contributed by atoms with van der Waals surface area (Å²) in [6.45, 7) is 2.64. The topological polar surface area (TPSA) is 87.1 Å². The fourth-order valence-electron chi connectivity index (χ4n) is 1.46. The summed E-state index contributed by atoms with van der Waals surface area (Å²) < 4.78 is 5.07. The first kappa shape index (κ1) is 15.0. The molecule has 1 aromatic rings. The van der Waals surface area contributed by atoms with Crippen LogP contribution in [-0.4, -0.2) is 41.3 Å². The van der Waals surface area contributed by atoms with Crippen LogP contribution in [0.3, 0.4) is 0 Å². The van der Waals surface area contributed by atoms with E-state index in [0.717, 1.165) is 4.90 Å². The highest BCUT2D eigenvalue weighted by molar-refractivity contribution is 6.02. The number of carbonyl (C=O) groups is 2. The zero-order chi connectivity index (χ0) is 14.6. The average molecular weight is 267 g/mol. The zero-order valence-electron chi connectivity index (χ0n) is 11.1. The molecule has 0 saturated carbocycles. The highest BCUT2D eigenvalue weighted by Gasteiger charge is 2.33. The second kappa shape index (κ2) is 5.71. The molecule has 0 bridgehead atoms. The van der Waals surface area contributed by atoms with Crippen molar-refractivity contribution in [3.63, 3.8) is 0 Å². The van der Waals surface area contributed by atoms with Crippen LogP contribution in [0.4, 0.5) is 5.69 Å². The quantitative estimate of drug-likeness (QED) is 0.838. The Morgan fingerprint density at radius 3 is 2.21 bits per heavy atom. The lowest BCUT2D eigenvalue weighted by atomic mass is 10.1. The maximum atomic E-state index is 12.3. The van der Waals surface area contributed by atoms with E-state index in [1.165, 1.54) is 31.4 Å². The number of rotatable bonds is 5. The monoisotopic (exact) mass is 267 g/mol. The first-order valence-corrected chi connectivity index (χ1v) is 5.66. The second-order valence-corrected chi connectivity index (χ2v) is 4.52. The van der Waals surface area contributed by atoms with Crippen LogP contribution in [-0.2, 0) is 14.3 Å². The van der Waals surface area contributed by atoms with Gasteiger partial charge < -0.3 is 14.9 Å². The predicted octanol–water partition coefficient (Wildman–Crippen LogP) is 1.23. The molecule has 1 amide bonds. The van der Waals surface area contributed by atoms with Gasteiger partial charge in [0.1, 0.15) is 17.9 Å². The van der Waals surface area contributed by atoms with Crippen LogP contribution in [0.5, 0.6) is 5.75 Å². The van der Waals surface area contributed by atoms with Gasteiger partial charge in [0.05, 0.1) is 0 Å². The molecule has 0 aliphatic rings. The Hall–Kier alpha value is -2.08. The number of carbonyl (C=O) groups excluding carboxylic acids is 1. The van der Waals surface area contributed by atoms with E-state index in [1.54, 1.807) is 13.8 Å². The number of carboxylic acid groups (broad SMARTS) is 1. The van der Waals surface area contributed by atoms with Crippen LogP contribution in [0.15, 0.2) is 24.3 Å². The third-order valence-corrected chi connectivity index (χ3v) is 2.73. The van der Waals surface area contributed by atoms with E-state index < -0.39 is 24.0 Å². The number of methoxy groups -OCH3 is 1. The Kier molecular flexibility index (Phi) is 4.50. The van der Waals surface area contributed by atoms with E-state index in [2.05, 4.69) is 0 Å². The smallest absolute Gasteiger partial charge is 0.323 e. The Labute approximate surface area is 111 Å². The van der Waals surface area contributed by atoms with Crippen molar-refractivity contribution in [1.82, 2.24) is 0 Å². The molecule has 19 heavy (non-hydrogen) atoms. The molecular weight excluding hydrogens is 250 g/mol. The number of benzene rings is 1. The van der Waals surface area contributed by atoms with Crippen molar-refractivity contribution in [2.45, 2.75) is 19.4 Å². The number of anilines is 1. The Balaban J connectivity index is 3.11. The van der Waals surface area contributed by atoms with Gasteiger partial charge in [-0.1, -0.05) is 0 Å². The number of carboxylic acids is 1. The summed E-state index contributed by atoms with van der Waals surface area (Å²) in [6.07, 6.45) is 0. The van der Waals surface area contributed by atoms with Gasteiger partial charge in [0.15, 0.2) is 0 Å². The molecule has 0 atom stereocenters. The van der Waals surface area contributed by atoms with Crippen LogP contribution in [0.1, 0.15) is 13.8 Å². The molecule has 0 aliphatic heterocycles. The summed E-state index contributed by atoms with van der Waals surface area (Å²) in [5, 5.41) is 18.1. The van der Waals surface area contributed by atoms with E-state index >= 15 is 0 Å². The largest absolute Gasteiger partial charge is 0.508 e. The van der Waals surface area contributed by atoms with Gasteiger partial charge in [-0.2, -0.15) is 0 Å². The van der Waals surface area contributed by atoms with Gasteiger partial charge in [0, 0.05) is 12.8 Å². The van der Waals surface area contributed by atoms with E-state index in [-0.39, 0.29) is 5.75 Å². The van der Waals surface area contributed by atoms with E-state index in [1.807, 2.05) is 0 Å². The molecule has 0 radical (unpaired) electrons. The van der Waals surface area contributed by atoms with Gasteiger partial charge in [0.2, 0.25) is 0 Å². The van der Waals surface area contributed by atoms with Crippen LogP contribution < -0.4 is 4.90 Å². The van der Waals surface area contributed by atoms with Crippen molar-refractivity contribution >= 4 is 17.6 Å². The van der Waals surface area contributed by atoms with E-state index in [4.69, 9.17) is 9.84 Å². The van der Waals surface area contributed by atoms with E-state index in [9.17, 15) is 14.7 Å². The van der Waals surface area contributed by atoms with Crippen LogP contribution in [0.25, 0.3) is 0 Å². The molecule has 0 heterocycles. The summed E-state index contributed by atoms with van der Waals surface area (Å²) in [7, 11) is 1.38. The molecule has 0 aromatic heterocycles. The maximum Gasteiger partial charge on any atom is 0.323 e. The molecule has 104 valence electrons. The van der Waals surface area contributed by atoms with E-state index in [0.29, 0.717) is 5.69 Å². The Bertz CT molecular complexity index is 466. The molecule has 0 aliphatic carbocycles. The molecular formula is C13H17NO5. The van der Waals surface area contributed by atoms with Gasteiger partial charge >= 0.3 is 5.97 Å². The summed E-state index contributed by atoms with van der Waals surface area (Å²) in [6, 6.07) is 5.72. The molecule has 0 fully saturated rings. The summed E-state index contributed by atoms with van der Waals surface area (Å²) in [4.78, 5) is 24.3.